The number of nitrogens with zero attached hydrogens (tertiary/aromatic N) is 4. The van der Waals surface area contributed by atoms with Gasteiger partial charge in [0.15, 0.2) is 23.1 Å². The van der Waals surface area contributed by atoms with Crippen LogP contribution in [0.25, 0.3) is 128 Å². The van der Waals surface area contributed by atoms with E-state index in [2.05, 4.69) is 235 Å². The Balaban J connectivity index is 0.993. The molecule has 0 amide bonds. The van der Waals surface area contributed by atoms with Crippen LogP contribution < -0.4 is 0 Å². The van der Waals surface area contributed by atoms with Crippen LogP contribution in [0.3, 0.4) is 0 Å². The third-order valence-electron chi connectivity index (χ3n) is 13.1. The van der Waals surface area contributed by atoms with Crippen molar-refractivity contribution in [1.29, 1.82) is 0 Å². The summed E-state index contributed by atoms with van der Waals surface area (Å²) in [6, 6.07) is 85.1. The van der Waals surface area contributed by atoms with Gasteiger partial charge in [-0.25, -0.2) is 15.0 Å². The first-order valence-corrected chi connectivity index (χ1v) is 22.9. The molecule has 3 heterocycles. The average molecular weight is 869 g/mol. The molecule has 0 atom stereocenters. The Bertz CT molecular complexity index is 3900. The summed E-state index contributed by atoms with van der Waals surface area (Å²) in [5.41, 5.74) is 16.4. The van der Waals surface area contributed by atoms with E-state index in [-0.39, 0.29) is 0 Å². The fourth-order valence-corrected chi connectivity index (χ4v) is 9.75. The summed E-state index contributed by atoms with van der Waals surface area (Å²) in [7, 11) is 0. The highest BCUT2D eigenvalue weighted by molar-refractivity contribution is 6.22. The zero-order valence-electron chi connectivity index (χ0n) is 36.8. The summed E-state index contributed by atoms with van der Waals surface area (Å²) in [5.74, 6) is 1.70. The lowest BCUT2D eigenvalue weighted by Crippen LogP contribution is -2.00. The van der Waals surface area contributed by atoms with E-state index >= 15 is 0 Å². The van der Waals surface area contributed by atoms with Crippen LogP contribution >= 0.6 is 0 Å². The second kappa shape index (κ2) is 16.4. The fraction of sp³-hybridized carbons (Fsp3) is 0. The van der Waals surface area contributed by atoms with Crippen molar-refractivity contribution in [1.82, 2.24) is 19.5 Å². The van der Waals surface area contributed by atoms with Gasteiger partial charge in [0.25, 0.3) is 0 Å². The second-order valence-corrected chi connectivity index (χ2v) is 17.2. The van der Waals surface area contributed by atoms with Crippen molar-refractivity contribution in [3.63, 3.8) is 0 Å². The highest BCUT2D eigenvalue weighted by atomic mass is 16.3. The molecule has 0 aliphatic carbocycles. The van der Waals surface area contributed by atoms with E-state index in [9.17, 15) is 0 Å². The zero-order valence-corrected chi connectivity index (χ0v) is 36.8. The Hall–Kier alpha value is -9.19. The highest BCUT2D eigenvalue weighted by Gasteiger charge is 2.23. The molecule has 3 aromatic heterocycles. The first-order valence-electron chi connectivity index (χ1n) is 22.9. The van der Waals surface area contributed by atoms with Crippen LogP contribution in [0.15, 0.2) is 247 Å². The molecule has 5 nitrogen and oxygen atoms in total. The molecule has 13 aromatic rings. The Morgan fingerprint density at radius 3 is 1.34 bits per heavy atom. The lowest BCUT2D eigenvalue weighted by Gasteiger charge is -2.11. The number of fused-ring (bicyclic) bond motifs is 7. The van der Waals surface area contributed by atoms with Gasteiger partial charge in [-0.15, -0.1) is 0 Å². The first-order chi connectivity index (χ1) is 33.7. The van der Waals surface area contributed by atoms with Crippen LogP contribution in [0.4, 0.5) is 0 Å². The van der Waals surface area contributed by atoms with Crippen LogP contribution in [0.1, 0.15) is 0 Å². The third kappa shape index (κ3) is 6.84. The Kier molecular flexibility index (Phi) is 9.43. The molecule has 13 rings (SSSR count). The van der Waals surface area contributed by atoms with E-state index in [1.807, 2.05) is 12.1 Å². The van der Waals surface area contributed by atoms with E-state index < -0.39 is 0 Å². The summed E-state index contributed by atoms with van der Waals surface area (Å²) in [4.78, 5) is 15.7. The summed E-state index contributed by atoms with van der Waals surface area (Å²) in [6.45, 7) is 0. The van der Waals surface area contributed by atoms with Gasteiger partial charge >= 0.3 is 0 Å². The second-order valence-electron chi connectivity index (χ2n) is 17.2. The normalized spacial score (nSPS) is 11.5. The summed E-state index contributed by atoms with van der Waals surface area (Å²) in [6.07, 6.45) is 0. The van der Waals surface area contributed by atoms with E-state index in [4.69, 9.17) is 19.4 Å². The molecule has 318 valence electrons. The van der Waals surface area contributed by atoms with Crippen molar-refractivity contribution in [2.45, 2.75) is 0 Å². The van der Waals surface area contributed by atoms with Crippen molar-refractivity contribution in [3.8, 4) is 84.4 Å². The number of rotatable bonds is 8. The Labute approximate surface area is 392 Å². The van der Waals surface area contributed by atoms with Gasteiger partial charge in [0, 0.05) is 38.4 Å². The molecule has 10 aromatic carbocycles. The van der Waals surface area contributed by atoms with Crippen molar-refractivity contribution in [3.05, 3.63) is 243 Å². The lowest BCUT2D eigenvalue weighted by molar-refractivity contribution is 0.671. The van der Waals surface area contributed by atoms with Gasteiger partial charge < -0.3 is 8.98 Å². The van der Waals surface area contributed by atoms with Crippen molar-refractivity contribution in [2.24, 2.45) is 0 Å². The molecule has 0 N–H and O–H groups in total. The van der Waals surface area contributed by atoms with Crippen LogP contribution in [0.5, 0.6) is 0 Å². The number of hydrogen-bond acceptors (Lipinski definition) is 4. The molecule has 0 aliphatic rings. The van der Waals surface area contributed by atoms with Crippen molar-refractivity contribution in [2.75, 3.05) is 0 Å². The van der Waals surface area contributed by atoms with Crippen molar-refractivity contribution >= 4 is 43.7 Å². The molecular formula is C63H40N4O. The van der Waals surface area contributed by atoms with Gasteiger partial charge in [0.1, 0.15) is 5.58 Å². The molecule has 0 unspecified atom stereocenters. The number of furan rings is 1. The Morgan fingerprint density at radius 2 is 0.706 bits per heavy atom. The summed E-state index contributed by atoms with van der Waals surface area (Å²) < 4.78 is 9.59. The van der Waals surface area contributed by atoms with Gasteiger partial charge in [0.05, 0.1) is 16.6 Å². The van der Waals surface area contributed by atoms with Gasteiger partial charge in [-0.05, 0) is 87.0 Å². The minimum atomic E-state index is 0.535. The SMILES string of the molecule is c1ccc(-c2ccc(-c3cccc(-n4c5ccccc5c5ccc6c7cccc(-c8nc(-c9cccc(-c%10ccccc%10)c9)nc(-c9cccc(-c%10ccccc%10)c9)n8)c7oc6c54)c3)cc2)cc1. The molecule has 68 heavy (non-hydrogen) atoms. The first kappa shape index (κ1) is 39.2. The molecule has 0 saturated carbocycles. The molecule has 0 aliphatic heterocycles. The molecule has 5 heteroatoms. The largest absolute Gasteiger partial charge is 0.453 e. The van der Waals surface area contributed by atoms with E-state index in [1.54, 1.807) is 0 Å². The summed E-state index contributed by atoms with van der Waals surface area (Å²) >= 11 is 0. The maximum Gasteiger partial charge on any atom is 0.167 e. The van der Waals surface area contributed by atoms with E-state index in [0.29, 0.717) is 17.5 Å². The summed E-state index contributed by atoms with van der Waals surface area (Å²) in [5, 5.41) is 4.29. The topological polar surface area (TPSA) is 56.7 Å². The van der Waals surface area contributed by atoms with Gasteiger partial charge in [-0.2, -0.15) is 0 Å². The van der Waals surface area contributed by atoms with Crippen molar-refractivity contribution < 1.29 is 4.42 Å². The molecule has 0 spiro atoms. The van der Waals surface area contributed by atoms with Crippen LogP contribution in [-0.4, -0.2) is 19.5 Å². The predicted molar refractivity (Wildman–Crippen MR) is 279 cm³/mol. The minimum Gasteiger partial charge on any atom is -0.453 e. The maximum absolute atomic E-state index is 7.24. The monoisotopic (exact) mass is 868 g/mol. The standard InChI is InChI=1S/C63H40N4O/c1-4-16-41(17-5-1)44-32-34-45(35-33-44)48-24-14-27-51(40-48)67-57-31-11-10-28-52(57)53-36-37-55-54-29-15-30-56(59(54)68-60(55)58(53)67)63-65-61(49-25-12-22-46(38-49)42-18-6-2-7-19-42)64-62(66-63)50-26-13-23-47(39-50)43-20-8-3-9-21-43/h1-40H. The average Bonchev–Trinajstić information content (AvgIpc) is 3.98. The zero-order chi connectivity index (χ0) is 45.0. The predicted octanol–water partition coefficient (Wildman–Crippen LogP) is 16.5. The van der Waals surface area contributed by atoms with E-state index in [1.165, 1.54) is 11.1 Å². The smallest absolute Gasteiger partial charge is 0.167 e. The minimum absolute atomic E-state index is 0.535. The van der Waals surface area contributed by atoms with Crippen LogP contribution in [0.2, 0.25) is 0 Å². The third-order valence-corrected chi connectivity index (χ3v) is 13.1. The van der Waals surface area contributed by atoms with Crippen LogP contribution in [0, 0.1) is 0 Å². The number of benzene rings is 10. The molecule has 0 saturated heterocycles. The number of hydrogen-bond donors (Lipinski definition) is 0. The van der Waals surface area contributed by atoms with Gasteiger partial charge in [0.2, 0.25) is 0 Å². The quantitative estimate of drug-likeness (QED) is 0.153. The van der Waals surface area contributed by atoms with Crippen LogP contribution in [-0.2, 0) is 0 Å². The molecule has 0 radical (unpaired) electrons. The fourth-order valence-electron chi connectivity index (χ4n) is 9.75. The molecule has 0 bridgehead atoms. The van der Waals surface area contributed by atoms with Gasteiger partial charge in [-0.1, -0.05) is 200 Å². The van der Waals surface area contributed by atoms with Gasteiger partial charge in [-0.3, -0.25) is 0 Å². The molecule has 0 fully saturated rings. The number of para-hydroxylation sites is 2. The number of aromatic nitrogens is 4. The molecular weight excluding hydrogens is 829 g/mol. The van der Waals surface area contributed by atoms with E-state index in [0.717, 1.165) is 99.5 Å². The maximum atomic E-state index is 7.24. The highest BCUT2D eigenvalue weighted by Crippen LogP contribution is 2.43. The lowest BCUT2D eigenvalue weighted by atomic mass is 10.00. The Morgan fingerprint density at radius 1 is 0.279 bits per heavy atom.